The third-order valence-electron chi connectivity index (χ3n) is 5.91. The molecule has 0 radical (unpaired) electrons. The van der Waals surface area contributed by atoms with E-state index in [-0.39, 0.29) is 17.9 Å². The number of carbonyl (C=O) groups is 2. The Morgan fingerprint density at radius 1 is 1.00 bits per heavy atom. The SMILES string of the molecule is CCNC(=NCCCC(=O)NC1CC1)NC1CCN(C(=O)C2CCCCC2)C1. The molecule has 1 saturated heterocycles. The van der Waals surface area contributed by atoms with Gasteiger partial charge >= 0.3 is 0 Å². The fourth-order valence-electron chi connectivity index (χ4n) is 4.16. The molecular weight excluding hydrogens is 354 g/mol. The Bertz CT molecular complexity index is 555. The Morgan fingerprint density at radius 3 is 2.50 bits per heavy atom. The Balaban J connectivity index is 1.39. The summed E-state index contributed by atoms with van der Waals surface area (Å²) in [4.78, 5) is 31.1. The molecule has 2 aliphatic carbocycles. The van der Waals surface area contributed by atoms with E-state index < -0.39 is 0 Å². The van der Waals surface area contributed by atoms with Crippen molar-refractivity contribution >= 4 is 17.8 Å². The van der Waals surface area contributed by atoms with Crippen LogP contribution in [0.15, 0.2) is 4.99 Å². The first-order valence-corrected chi connectivity index (χ1v) is 11.3. The smallest absolute Gasteiger partial charge is 0.225 e. The highest BCUT2D eigenvalue weighted by Crippen LogP contribution is 2.26. The van der Waals surface area contributed by atoms with Crippen LogP contribution in [0.5, 0.6) is 0 Å². The minimum absolute atomic E-state index is 0.142. The molecule has 3 fully saturated rings. The number of nitrogens with one attached hydrogen (secondary N) is 3. The lowest BCUT2D eigenvalue weighted by atomic mass is 9.88. The van der Waals surface area contributed by atoms with Crippen LogP contribution in [0.25, 0.3) is 0 Å². The second-order valence-electron chi connectivity index (χ2n) is 8.46. The van der Waals surface area contributed by atoms with Crippen molar-refractivity contribution in [3.05, 3.63) is 0 Å². The lowest BCUT2D eigenvalue weighted by Gasteiger charge is -2.26. The van der Waals surface area contributed by atoms with Crippen molar-refractivity contribution in [2.75, 3.05) is 26.2 Å². The van der Waals surface area contributed by atoms with Gasteiger partial charge < -0.3 is 20.9 Å². The van der Waals surface area contributed by atoms with Gasteiger partial charge in [0.25, 0.3) is 0 Å². The van der Waals surface area contributed by atoms with Crippen molar-refractivity contribution in [3.8, 4) is 0 Å². The number of hydrogen-bond acceptors (Lipinski definition) is 3. The van der Waals surface area contributed by atoms with E-state index in [1.165, 1.54) is 19.3 Å². The predicted molar refractivity (Wildman–Crippen MR) is 111 cm³/mol. The highest BCUT2D eigenvalue weighted by molar-refractivity contribution is 5.81. The van der Waals surface area contributed by atoms with Gasteiger partial charge in [-0.3, -0.25) is 14.6 Å². The molecule has 7 nitrogen and oxygen atoms in total. The molecule has 28 heavy (non-hydrogen) atoms. The number of rotatable bonds is 8. The minimum Gasteiger partial charge on any atom is -0.357 e. The summed E-state index contributed by atoms with van der Waals surface area (Å²) in [5.41, 5.74) is 0. The number of hydrogen-bond donors (Lipinski definition) is 3. The van der Waals surface area contributed by atoms with Crippen molar-refractivity contribution < 1.29 is 9.59 Å². The number of guanidine groups is 1. The number of amides is 2. The van der Waals surface area contributed by atoms with Gasteiger partial charge in [0.2, 0.25) is 11.8 Å². The first-order chi connectivity index (χ1) is 13.7. The molecule has 0 aromatic rings. The summed E-state index contributed by atoms with van der Waals surface area (Å²) in [5.74, 6) is 1.54. The van der Waals surface area contributed by atoms with Gasteiger partial charge in [-0.1, -0.05) is 19.3 Å². The van der Waals surface area contributed by atoms with Crippen molar-refractivity contribution in [3.63, 3.8) is 0 Å². The summed E-state index contributed by atoms with van der Waals surface area (Å²) in [5, 5.41) is 9.77. The highest BCUT2D eigenvalue weighted by atomic mass is 16.2. The Morgan fingerprint density at radius 2 is 1.79 bits per heavy atom. The fourth-order valence-corrected chi connectivity index (χ4v) is 4.16. The molecule has 1 heterocycles. The highest BCUT2D eigenvalue weighted by Gasteiger charge is 2.31. The maximum atomic E-state index is 12.7. The van der Waals surface area contributed by atoms with Crippen molar-refractivity contribution in [2.24, 2.45) is 10.9 Å². The second-order valence-corrected chi connectivity index (χ2v) is 8.46. The van der Waals surface area contributed by atoms with E-state index in [9.17, 15) is 9.59 Å². The lowest BCUT2D eigenvalue weighted by Crippen LogP contribution is -2.45. The molecule has 3 N–H and O–H groups in total. The summed E-state index contributed by atoms with van der Waals surface area (Å²) < 4.78 is 0. The van der Waals surface area contributed by atoms with E-state index in [0.29, 0.717) is 24.9 Å². The van der Waals surface area contributed by atoms with E-state index >= 15 is 0 Å². The zero-order valence-electron chi connectivity index (χ0n) is 17.3. The molecule has 0 aromatic heterocycles. The Kier molecular flexibility index (Phi) is 7.98. The molecule has 2 saturated carbocycles. The molecule has 3 aliphatic rings. The summed E-state index contributed by atoms with van der Waals surface area (Å²) in [7, 11) is 0. The Hall–Kier alpha value is -1.79. The number of aliphatic imine (C=N–C) groups is 1. The van der Waals surface area contributed by atoms with Gasteiger partial charge in [-0.15, -0.1) is 0 Å². The molecule has 1 unspecified atom stereocenters. The van der Waals surface area contributed by atoms with Gasteiger partial charge in [-0.2, -0.15) is 0 Å². The molecule has 0 aromatic carbocycles. The van der Waals surface area contributed by atoms with Gasteiger partial charge in [0, 0.05) is 50.6 Å². The van der Waals surface area contributed by atoms with Crippen LogP contribution >= 0.6 is 0 Å². The van der Waals surface area contributed by atoms with E-state index in [0.717, 1.165) is 64.1 Å². The van der Waals surface area contributed by atoms with E-state index in [1.807, 2.05) is 11.8 Å². The molecule has 7 heteroatoms. The van der Waals surface area contributed by atoms with E-state index in [4.69, 9.17) is 0 Å². The van der Waals surface area contributed by atoms with Crippen LogP contribution in [0.3, 0.4) is 0 Å². The maximum Gasteiger partial charge on any atom is 0.225 e. The van der Waals surface area contributed by atoms with Crippen molar-refractivity contribution in [1.29, 1.82) is 0 Å². The summed E-state index contributed by atoms with van der Waals surface area (Å²) in [6.07, 6.45) is 10.3. The zero-order valence-corrected chi connectivity index (χ0v) is 17.3. The van der Waals surface area contributed by atoms with Crippen LogP contribution in [0.4, 0.5) is 0 Å². The van der Waals surface area contributed by atoms with Crippen molar-refractivity contribution in [2.45, 2.75) is 83.2 Å². The number of likely N-dealkylation sites (tertiary alicyclic amines) is 1. The van der Waals surface area contributed by atoms with Crippen LogP contribution < -0.4 is 16.0 Å². The monoisotopic (exact) mass is 391 g/mol. The van der Waals surface area contributed by atoms with Crippen LogP contribution in [-0.2, 0) is 9.59 Å². The molecule has 0 spiro atoms. The normalized spacial score (nSPS) is 23.5. The van der Waals surface area contributed by atoms with Gasteiger partial charge in [-0.05, 0) is 45.4 Å². The van der Waals surface area contributed by atoms with Crippen molar-refractivity contribution in [1.82, 2.24) is 20.9 Å². The minimum atomic E-state index is 0.142. The molecular formula is C21H37N5O2. The van der Waals surface area contributed by atoms with Crippen LogP contribution in [0.1, 0.15) is 71.1 Å². The van der Waals surface area contributed by atoms with Crippen LogP contribution in [0, 0.1) is 5.92 Å². The third kappa shape index (κ3) is 6.67. The van der Waals surface area contributed by atoms with Gasteiger partial charge in [0.1, 0.15) is 0 Å². The summed E-state index contributed by atoms with van der Waals surface area (Å²) in [6, 6.07) is 0.681. The summed E-state index contributed by atoms with van der Waals surface area (Å²) in [6.45, 7) is 5.08. The number of carbonyl (C=O) groups excluding carboxylic acids is 2. The molecule has 1 aliphatic heterocycles. The molecule has 0 bridgehead atoms. The van der Waals surface area contributed by atoms with Gasteiger partial charge in [-0.25, -0.2) is 0 Å². The average Bonchev–Trinajstić information content (AvgIpc) is 3.40. The second kappa shape index (κ2) is 10.7. The van der Waals surface area contributed by atoms with Crippen LogP contribution in [-0.4, -0.2) is 60.9 Å². The summed E-state index contributed by atoms with van der Waals surface area (Å²) >= 11 is 0. The Labute approximate surface area is 169 Å². The fraction of sp³-hybridized carbons (Fsp3) is 0.857. The quantitative estimate of drug-likeness (QED) is 0.334. The predicted octanol–water partition coefficient (Wildman–Crippen LogP) is 1.78. The molecule has 1 atom stereocenters. The molecule has 158 valence electrons. The van der Waals surface area contributed by atoms with Crippen LogP contribution in [0.2, 0.25) is 0 Å². The molecule has 2 amide bonds. The molecule has 3 rings (SSSR count). The maximum absolute atomic E-state index is 12.7. The van der Waals surface area contributed by atoms with E-state index in [1.54, 1.807) is 0 Å². The average molecular weight is 392 g/mol. The first-order valence-electron chi connectivity index (χ1n) is 11.3. The van der Waals surface area contributed by atoms with E-state index in [2.05, 4.69) is 20.9 Å². The van der Waals surface area contributed by atoms with Gasteiger partial charge in [0.15, 0.2) is 5.96 Å². The topological polar surface area (TPSA) is 85.8 Å². The number of nitrogens with zero attached hydrogens (tertiary/aromatic N) is 2. The van der Waals surface area contributed by atoms with Gasteiger partial charge in [0.05, 0.1) is 0 Å². The zero-order chi connectivity index (χ0) is 19.8. The lowest BCUT2D eigenvalue weighted by molar-refractivity contribution is -0.135. The standard InChI is InChI=1S/C21H37N5O2/c1-2-22-21(23-13-6-9-19(27)24-17-10-11-17)25-18-12-14-26(15-18)20(28)16-7-4-3-5-8-16/h16-18H,2-15H2,1H3,(H,24,27)(H2,22,23,25). The first kappa shape index (κ1) is 20.9. The third-order valence-corrected chi connectivity index (χ3v) is 5.91. The largest absolute Gasteiger partial charge is 0.357 e.